The van der Waals surface area contributed by atoms with Crippen LogP contribution in [0.3, 0.4) is 0 Å². The van der Waals surface area contributed by atoms with E-state index in [1.807, 2.05) is 12.1 Å². The lowest BCUT2D eigenvalue weighted by molar-refractivity contribution is 0.211. The maximum absolute atomic E-state index is 15.2. The molecule has 34 heavy (non-hydrogen) atoms. The maximum Gasteiger partial charge on any atom is 0.233 e. The highest BCUT2D eigenvalue weighted by atomic mass is 19.1. The van der Waals surface area contributed by atoms with Crippen molar-refractivity contribution in [2.75, 3.05) is 25.7 Å². The van der Waals surface area contributed by atoms with Crippen LogP contribution in [0, 0.1) is 11.7 Å². The van der Waals surface area contributed by atoms with Gasteiger partial charge >= 0.3 is 0 Å². The standard InChI is InChI=1S/C25H29FN6O2/c1-25(27)9-10-32(24(25)15-5-4-6-15)22-8-7-20(29-30-22)18-12-19(26)17(13-21(18)33-2)16-11-23(34-3)31-28-14-16/h7-8,11-15,24H,4-6,9-10,27H2,1-3H3. The van der Waals surface area contributed by atoms with Crippen LogP contribution in [-0.4, -0.2) is 52.7 Å². The molecule has 3 heterocycles. The van der Waals surface area contributed by atoms with Gasteiger partial charge in [-0.25, -0.2) is 4.39 Å². The monoisotopic (exact) mass is 464 g/mol. The summed E-state index contributed by atoms with van der Waals surface area (Å²) in [6.07, 6.45) is 6.09. The molecule has 9 heteroatoms. The van der Waals surface area contributed by atoms with E-state index in [2.05, 4.69) is 32.2 Å². The van der Waals surface area contributed by atoms with Crippen LogP contribution in [0.25, 0.3) is 22.4 Å². The van der Waals surface area contributed by atoms with Gasteiger partial charge in [-0.1, -0.05) is 6.42 Å². The van der Waals surface area contributed by atoms with E-state index in [1.54, 1.807) is 19.2 Å². The molecule has 1 aliphatic carbocycles. The second kappa shape index (κ2) is 8.79. The Kier molecular flexibility index (Phi) is 5.81. The first-order valence-electron chi connectivity index (χ1n) is 11.6. The summed E-state index contributed by atoms with van der Waals surface area (Å²) in [4.78, 5) is 2.30. The Labute approximate surface area is 198 Å². The molecule has 1 aliphatic heterocycles. The third-order valence-corrected chi connectivity index (χ3v) is 7.16. The molecule has 1 aromatic carbocycles. The lowest BCUT2D eigenvalue weighted by atomic mass is 9.73. The average Bonchev–Trinajstić information content (AvgIpc) is 3.12. The molecule has 178 valence electrons. The van der Waals surface area contributed by atoms with Gasteiger partial charge in [0.05, 0.1) is 32.2 Å². The summed E-state index contributed by atoms with van der Waals surface area (Å²) in [5.74, 6) is 1.76. The molecule has 2 fully saturated rings. The fourth-order valence-electron chi connectivity index (χ4n) is 5.17. The van der Waals surface area contributed by atoms with Gasteiger partial charge in [0.25, 0.3) is 0 Å². The Morgan fingerprint density at radius 2 is 1.88 bits per heavy atom. The highest BCUT2D eigenvalue weighted by Gasteiger charge is 2.47. The molecule has 2 N–H and O–H groups in total. The van der Waals surface area contributed by atoms with Crippen molar-refractivity contribution in [3.63, 3.8) is 0 Å². The van der Waals surface area contributed by atoms with E-state index >= 15 is 4.39 Å². The van der Waals surface area contributed by atoms with Crippen LogP contribution in [0.15, 0.2) is 36.5 Å². The third kappa shape index (κ3) is 3.94. The number of nitrogens with two attached hydrogens (primary N) is 1. The number of halogens is 1. The minimum absolute atomic E-state index is 0.238. The number of ether oxygens (including phenoxy) is 2. The predicted octanol–water partition coefficient (Wildman–Crippen LogP) is 3.85. The molecule has 2 unspecified atom stereocenters. The molecule has 0 amide bonds. The summed E-state index contributed by atoms with van der Waals surface area (Å²) < 4.78 is 25.8. The van der Waals surface area contributed by atoms with E-state index in [-0.39, 0.29) is 11.6 Å². The number of nitrogens with zero attached hydrogens (tertiary/aromatic N) is 5. The average molecular weight is 465 g/mol. The largest absolute Gasteiger partial charge is 0.496 e. The van der Waals surface area contributed by atoms with Gasteiger partial charge in [0, 0.05) is 34.8 Å². The zero-order valence-electron chi connectivity index (χ0n) is 19.7. The van der Waals surface area contributed by atoms with Gasteiger partial charge in [0.1, 0.15) is 11.6 Å². The number of anilines is 1. The molecule has 0 radical (unpaired) electrons. The van der Waals surface area contributed by atoms with Gasteiger partial charge in [-0.15, -0.1) is 15.3 Å². The van der Waals surface area contributed by atoms with Crippen LogP contribution in [0.2, 0.25) is 0 Å². The van der Waals surface area contributed by atoms with E-state index in [0.29, 0.717) is 39.9 Å². The molecule has 1 saturated carbocycles. The van der Waals surface area contributed by atoms with Crippen LogP contribution in [-0.2, 0) is 0 Å². The van der Waals surface area contributed by atoms with Crippen LogP contribution in [0.1, 0.15) is 32.6 Å². The Morgan fingerprint density at radius 3 is 2.53 bits per heavy atom. The lowest BCUT2D eigenvalue weighted by Crippen LogP contribution is -2.55. The fourth-order valence-corrected chi connectivity index (χ4v) is 5.17. The molecule has 0 bridgehead atoms. The third-order valence-electron chi connectivity index (χ3n) is 7.16. The highest BCUT2D eigenvalue weighted by Crippen LogP contribution is 2.43. The first kappa shape index (κ1) is 22.5. The molecular formula is C25H29FN6O2. The minimum atomic E-state index is -0.430. The van der Waals surface area contributed by atoms with Gasteiger partial charge < -0.3 is 20.1 Å². The summed E-state index contributed by atoms with van der Waals surface area (Å²) >= 11 is 0. The van der Waals surface area contributed by atoms with Crippen molar-refractivity contribution in [1.29, 1.82) is 0 Å². The molecule has 2 atom stereocenters. The van der Waals surface area contributed by atoms with Crippen molar-refractivity contribution >= 4 is 5.82 Å². The second-order valence-corrected chi connectivity index (χ2v) is 9.38. The van der Waals surface area contributed by atoms with Gasteiger partial charge in [-0.05, 0) is 56.4 Å². The zero-order chi connectivity index (χ0) is 23.9. The van der Waals surface area contributed by atoms with Gasteiger partial charge in [0.2, 0.25) is 5.88 Å². The van der Waals surface area contributed by atoms with Gasteiger partial charge in [0.15, 0.2) is 5.82 Å². The number of hydrogen-bond acceptors (Lipinski definition) is 8. The van der Waals surface area contributed by atoms with Crippen molar-refractivity contribution in [3.05, 3.63) is 42.3 Å². The van der Waals surface area contributed by atoms with Crippen LogP contribution in [0.4, 0.5) is 10.2 Å². The van der Waals surface area contributed by atoms with E-state index < -0.39 is 5.82 Å². The zero-order valence-corrected chi connectivity index (χ0v) is 19.7. The van der Waals surface area contributed by atoms with Crippen LogP contribution < -0.4 is 20.1 Å². The smallest absolute Gasteiger partial charge is 0.233 e. The van der Waals surface area contributed by atoms with Gasteiger partial charge in [-0.2, -0.15) is 5.10 Å². The molecule has 5 rings (SSSR count). The van der Waals surface area contributed by atoms with Gasteiger partial charge in [-0.3, -0.25) is 0 Å². The van der Waals surface area contributed by atoms with E-state index in [4.69, 9.17) is 15.2 Å². The number of aromatic nitrogens is 4. The summed E-state index contributed by atoms with van der Waals surface area (Å²) in [6.45, 7) is 3.00. The SMILES string of the molecule is COc1cc(-c2cc(OC)c(-c3ccc(N4CCC(C)(N)C4C4CCC4)nn3)cc2F)cnn1. The summed E-state index contributed by atoms with van der Waals surface area (Å²) in [5, 5.41) is 16.7. The molecule has 1 saturated heterocycles. The Bertz CT molecular complexity index is 1180. The van der Waals surface area contributed by atoms with Crippen LogP contribution >= 0.6 is 0 Å². The number of methoxy groups -OCH3 is 2. The van der Waals surface area contributed by atoms with E-state index in [1.165, 1.54) is 38.6 Å². The van der Waals surface area contributed by atoms with Crippen molar-refractivity contribution in [2.24, 2.45) is 11.7 Å². The lowest BCUT2D eigenvalue weighted by Gasteiger charge is -2.43. The Morgan fingerprint density at radius 1 is 1.06 bits per heavy atom. The topological polar surface area (TPSA) is 99.3 Å². The molecule has 2 aliphatic rings. The quantitative estimate of drug-likeness (QED) is 0.587. The second-order valence-electron chi connectivity index (χ2n) is 9.38. The number of rotatable bonds is 6. The van der Waals surface area contributed by atoms with E-state index in [9.17, 15) is 0 Å². The molecule has 0 spiro atoms. The van der Waals surface area contributed by atoms with Crippen molar-refractivity contribution in [1.82, 2.24) is 20.4 Å². The van der Waals surface area contributed by atoms with Crippen molar-refractivity contribution in [3.8, 4) is 34.0 Å². The molecule has 3 aromatic rings. The van der Waals surface area contributed by atoms with E-state index in [0.717, 1.165) is 18.8 Å². The maximum atomic E-state index is 15.2. The van der Waals surface area contributed by atoms with Crippen LogP contribution in [0.5, 0.6) is 11.6 Å². The number of benzene rings is 1. The predicted molar refractivity (Wildman–Crippen MR) is 127 cm³/mol. The number of hydrogen-bond donors (Lipinski definition) is 1. The first-order valence-corrected chi connectivity index (χ1v) is 11.6. The summed E-state index contributed by atoms with van der Waals surface area (Å²) in [7, 11) is 3.03. The normalized spacial score (nSPS) is 22.5. The summed E-state index contributed by atoms with van der Waals surface area (Å²) in [6, 6.07) is 8.73. The minimum Gasteiger partial charge on any atom is -0.496 e. The van der Waals surface area contributed by atoms with Crippen molar-refractivity contribution < 1.29 is 13.9 Å². The first-order chi connectivity index (χ1) is 16.4. The molecular weight excluding hydrogens is 435 g/mol. The highest BCUT2D eigenvalue weighted by molar-refractivity contribution is 5.75. The Balaban J connectivity index is 1.46. The van der Waals surface area contributed by atoms with Crippen molar-refractivity contribution in [2.45, 2.75) is 44.2 Å². The molecule has 8 nitrogen and oxygen atoms in total. The molecule has 2 aromatic heterocycles. The fraction of sp³-hybridized carbons (Fsp3) is 0.440. The Hall–Kier alpha value is -3.33. The summed E-state index contributed by atoms with van der Waals surface area (Å²) in [5.41, 5.74) is 8.35.